The van der Waals surface area contributed by atoms with Gasteiger partial charge in [0.25, 0.3) is 0 Å². The lowest BCUT2D eigenvalue weighted by Crippen LogP contribution is -2.30. The van der Waals surface area contributed by atoms with Crippen LogP contribution < -0.4 is 4.90 Å². The molecular weight excluding hydrogens is 352 g/mol. The number of benzene rings is 1. The second-order valence-corrected chi connectivity index (χ2v) is 7.77. The van der Waals surface area contributed by atoms with E-state index >= 15 is 0 Å². The number of pyridine rings is 1. The molecule has 3 rings (SSSR count). The van der Waals surface area contributed by atoms with Crippen LogP contribution in [0.2, 0.25) is 0 Å². The zero-order valence-corrected chi connectivity index (χ0v) is 17.4. The fraction of sp³-hybridized carbons (Fsp3) is 0.435. The van der Waals surface area contributed by atoms with Crippen molar-refractivity contribution in [3.05, 3.63) is 47.7 Å². The van der Waals surface area contributed by atoms with Gasteiger partial charge in [-0.25, -0.2) is 0 Å². The lowest BCUT2D eigenvalue weighted by atomic mass is 10.0. The molecule has 1 aliphatic rings. The number of aliphatic hydroxyl groups excluding tert-OH is 1. The Bertz CT molecular complexity index is 828. The van der Waals surface area contributed by atoms with Crippen LogP contribution in [0.4, 0.5) is 5.69 Å². The summed E-state index contributed by atoms with van der Waals surface area (Å²) in [5, 5.41) is 8.14. The molecule has 150 valence electrons. The molecule has 0 radical (unpaired) electrons. The van der Waals surface area contributed by atoms with E-state index in [9.17, 15) is 9.59 Å². The molecule has 0 bridgehead atoms. The van der Waals surface area contributed by atoms with Gasteiger partial charge in [-0.2, -0.15) is 0 Å². The minimum Gasteiger partial charge on any atom is -0.396 e. The highest BCUT2D eigenvalue weighted by atomic mass is 16.3. The normalized spacial score (nSPS) is 16.2. The van der Waals surface area contributed by atoms with E-state index in [1.165, 1.54) is 0 Å². The molecular formula is C23H30N2O3. The van der Waals surface area contributed by atoms with Crippen LogP contribution in [-0.2, 0) is 4.79 Å². The first-order valence-electron chi connectivity index (χ1n) is 9.75. The molecule has 1 aromatic heterocycles. The molecule has 0 aliphatic carbocycles. The molecule has 1 aliphatic heterocycles. The van der Waals surface area contributed by atoms with E-state index in [4.69, 9.17) is 5.11 Å². The molecule has 5 heteroatoms. The van der Waals surface area contributed by atoms with Crippen LogP contribution in [0, 0.1) is 12.8 Å². The Morgan fingerprint density at radius 3 is 2.43 bits per heavy atom. The van der Waals surface area contributed by atoms with Crippen LogP contribution in [0.1, 0.15) is 56.5 Å². The molecule has 1 aromatic carbocycles. The maximum Gasteiger partial charge on any atom is 0.227 e. The summed E-state index contributed by atoms with van der Waals surface area (Å²) in [6, 6.07) is 9.68. The zero-order valence-electron chi connectivity index (χ0n) is 17.4. The van der Waals surface area contributed by atoms with Gasteiger partial charge < -0.3 is 10.0 Å². The summed E-state index contributed by atoms with van der Waals surface area (Å²) < 4.78 is 0. The maximum atomic E-state index is 12.2. The number of nitrogens with zero attached hydrogens (tertiary/aromatic N) is 2. The van der Waals surface area contributed by atoms with Crippen molar-refractivity contribution >= 4 is 17.4 Å². The van der Waals surface area contributed by atoms with Gasteiger partial charge in [0.05, 0.1) is 5.69 Å². The number of Topliss-reactive ketones (excluding diaryl/α,β-unsaturated/α-hetero) is 1. The molecule has 2 heterocycles. The molecule has 1 unspecified atom stereocenters. The van der Waals surface area contributed by atoms with E-state index < -0.39 is 0 Å². The third kappa shape index (κ3) is 5.49. The van der Waals surface area contributed by atoms with E-state index in [2.05, 4.69) is 4.98 Å². The third-order valence-electron chi connectivity index (χ3n) is 4.66. The Morgan fingerprint density at radius 2 is 1.96 bits per heavy atom. The van der Waals surface area contributed by atoms with E-state index in [0.29, 0.717) is 24.5 Å². The number of carbonyl (C=O) groups excluding carboxylic acids is 2. The van der Waals surface area contributed by atoms with Gasteiger partial charge in [0.2, 0.25) is 5.91 Å². The fourth-order valence-electron chi connectivity index (χ4n) is 2.97. The molecule has 1 fully saturated rings. The first kappa shape index (κ1) is 21.8. The van der Waals surface area contributed by atoms with Crippen LogP contribution in [0.3, 0.4) is 0 Å². The third-order valence-corrected chi connectivity index (χ3v) is 4.66. The van der Waals surface area contributed by atoms with E-state index in [-0.39, 0.29) is 17.7 Å². The van der Waals surface area contributed by atoms with Gasteiger partial charge >= 0.3 is 0 Å². The van der Waals surface area contributed by atoms with Crippen LogP contribution in [0.5, 0.6) is 0 Å². The van der Waals surface area contributed by atoms with E-state index in [0.717, 1.165) is 28.9 Å². The van der Waals surface area contributed by atoms with Gasteiger partial charge in [-0.15, -0.1) is 0 Å². The minimum absolute atomic E-state index is 0.0143. The predicted molar refractivity (Wildman–Crippen MR) is 113 cm³/mol. The molecule has 2 aromatic rings. The summed E-state index contributed by atoms with van der Waals surface area (Å²) in [6.07, 6.45) is 3.21. The molecule has 28 heavy (non-hydrogen) atoms. The number of amides is 1. The smallest absolute Gasteiger partial charge is 0.227 e. The summed E-state index contributed by atoms with van der Waals surface area (Å²) in [4.78, 5) is 30.3. The highest BCUT2D eigenvalue weighted by Gasteiger charge is 2.29. The quantitative estimate of drug-likeness (QED) is 0.795. The van der Waals surface area contributed by atoms with Crippen molar-refractivity contribution in [1.29, 1.82) is 0 Å². The number of anilines is 1. The lowest BCUT2D eigenvalue weighted by Gasteiger charge is -2.23. The van der Waals surface area contributed by atoms with Gasteiger partial charge in [-0.3, -0.25) is 14.6 Å². The molecule has 0 saturated carbocycles. The number of hydrogen-bond donors (Lipinski definition) is 1. The van der Waals surface area contributed by atoms with E-state index in [1.54, 1.807) is 24.1 Å². The summed E-state index contributed by atoms with van der Waals surface area (Å²) >= 11 is 0. The SMILES string of the molecule is CC(=O)c1cc(-c2ccc(C)cn2)cc(N2C(=O)CCC2C)c1.CC(C)CO. The minimum atomic E-state index is -0.0143. The first-order chi connectivity index (χ1) is 13.2. The highest BCUT2D eigenvalue weighted by molar-refractivity contribution is 6.00. The summed E-state index contributed by atoms with van der Waals surface area (Å²) in [7, 11) is 0. The Balaban J connectivity index is 0.000000500. The first-order valence-corrected chi connectivity index (χ1v) is 9.75. The zero-order chi connectivity index (χ0) is 20.8. The van der Waals surface area contributed by atoms with Gasteiger partial charge in [-0.1, -0.05) is 19.9 Å². The highest BCUT2D eigenvalue weighted by Crippen LogP contribution is 2.31. The number of carbonyl (C=O) groups is 2. The average molecular weight is 383 g/mol. The summed E-state index contributed by atoms with van der Waals surface area (Å²) in [5.74, 6) is 0.538. The fourth-order valence-corrected chi connectivity index (χ4v) is 2.97. The second-order valence-electron chi connectivity index (χ2n) is 7.77. The van der Waals surface area contributed by atoms with Crippen LogP contribution in [0.15, 0.2) is 36.5 Å². The van der Waals surface area contributed by atoms with Gasteiger partial charge in [0, 0.05) is 42.1 Å². The number of aryl methyl sites for hydroxylation is 1. The van der Waals surface area contributed by atoms with Crippen molar-refractivity contribution in [2.24, 2.45) is 5.92 Å². The van der Waals surface area contributed by atoms with Crippen molar-refractivity contribution in [2.45, 2.75) is 53.5 Å². The largest absolute Gasteiger partial charge is 0.396 e. The van der Waals surface area contributed by atoms with Crippen LogP contribution >= 0.6 is 0 Å². The van der Waals surface area contributed by atoms with Crippen molar-refractivity contribution < 1.29 is 14.7 Å². The Morgan fingerprint density at radius 1 is 1.29 bits per heavy atom. The molecule has 1 amide bonds. The van der Waals surface area contributed by atoms with E-state index in [1.807, 2.05) is 52.0 Å². The van der Waals surface area contributed by atoms with Crippen molar-refractivity contribution in [3.8, 4) is 11.3 Å². The standard InChI is InChI=1S/C19H20N2O2.C4H10O/c1-12-4-6-18(20-11-12)16-8-15(14(3)22)9-17(10-16)21-13(2)5-7-19(21)23;1-4(2)3-5/h4,6,8-11,13H,5,7H2,1-3H3;4-5H,3H2,1-2H3. The molecule has 5 nitrogen and oxygen atoms in total. The predicted octanol–water partition coefficient (Wildman–Crippen LogP) is 4.41. The van der Waals surface area contributed by atoms with Crippen molar-refractivity contribution in [2.75, 3.05) is 11.5 Å². The molecule has 1 N–H and O–H groups in total. The van der Waals surface area contributed by atoms with Crippen LogP contribution in [0.25, 0.3) is 11.3 Å². The number of aliphatic hydroxyl groups is 1. The summed E-state index contributed by atoms with van der Waals surface area (Å²) in [6.45, 7) is 9.81. The van der Waals surface area contributed by atoms with Gasteiger partial charge in [0.15, 0.2) is 5.78 Å². The van der Waals surface area contributed by atoms with Gasteiger partial charge in [-0.05, 0) is 62.9 Å². The number of ketones is 1. The molecule has 1 saturated heterocycles. The van der Waals surface area contributed by atoms with Crippen molar-refractivity contribution in [1.82, 2.24) is 4.98 Å². The maximum absolute atomic E-state index is 12.2. The Kier molecular flexibility index (Phi) is 7.46. The van der Waals surface area contributed by atoms with Crippen molar-refractivity contribution in [3.63, 3.8) is 0 Å². The number of hydrogen-bond acceptors (Lipinski definition) is 4. The average Bonchev–Trinajstić information content (AvgIpc) is 3.00. The summed E-state index contributed by atoms with van der Waals surface area (Å²) in [5.41, 5.74) is 4.13. The number of aromatic nitrogens is 1. The van der Waals surface area contributed by atoms with Gasteiger partial charge in [0.1, 0.15) is 0 Å². The van der Waals surface area contributed by atoms with Crippen LogP contribution in [-0.4, -0.2) is 34.4 Å². The Hall–Kier alpha value is -2.53. The topological polar surface area (TPSA) is 70.5 Å². The second kappa shape index (κ2) is 9.60. The lowest BCUT2D eigenvalue weighted by molar-refractivity contribution is -0.117. The number of rotatable bonds is 4. The monoisotopic (exact) mass is 382 g/mol. The Labute approximate surface area is 167 Å². The molecule has 0 spiro atoms. The molecule has 1 atom stereocenters.